The highest BCUT2D eigenvalue weighted by molar-refractivity contribution is 5.80. The van der Waals surface area contributed by atoms with Gasteiger partial charge in [0.15, 0.2) is 5.96 Å². The number of piperazine rings is 1. The number of halogens is 1. The number of aliphatic imine (C=N–C) groups is 1. The number of benzene rings is 1. The van der Waals surface area contributed by atoms with Crippen molar-refractivity contribution in [2.45, 2.75) is 33.2 Å². The molecule has 1 N–H and O–H groups in total. The van der Waals surface area contributed by atoms with Crippen molar-refractivity contribution in [1.82, 2.24) is 25.0 Å². The highest BCUT2D eigenvalue weighted by atomic mass is 19.1. The standard InChI is InChI=1S/C21H30FN7/c1-3-23-21(24-14-17-4-9-20-26-25-16(2)29(20)15-17)28-12-10-27(11-13-28)19-7-5-18(22)6-8-19/h5-8,17H,3-4,9-15H2,1-2H3,(H,23,24). The van der Waals surface area contributed by atoms with Crippen LogP contribution in [0.1, 0.15) is 25.0 Å². The SMILES string of the molecule is CCNC(=NCC1CCc2nnc(C)n2C1)N1CCN(c2ccc(F)cc2)CC1. The van der Waals surface area contributed by atoms with Crippen LogP contribution in [0.15, 0.2) is 29.3 Å². The lowest BCUT2D eigenvalue weighted by atomic mass is 9.99. The van der Waals surface area contributed by atoms with Crippen LogP contribution in [0.5, 0.6) is 0 Å². The summed E-state index contributed by atoms with van der Waals surface area (Å²) in [6.45, 7) is 10.4. The normalized spacial score (nSPS) is 20.0. The zero-order chi connectivity index (χ0) is 20.2. The molecular weight excluding hydrogens is 369 g/mol. The molecule has 0 spiro atoms. The van der Waals surface area contributed by atoms with Crippen LogP contribution in [0.25, 0.3) is 0 Å². The van der Waals surface area contributed by atoms with Gasteiger partial charge in [0.05, 0.1) is 0 Å². The lowest BCUT2D eigenvalue weighted by molar-refractivity contribution is 0.354. The number of guanidine groups is 1. The van der Waals surface area contributed by atoms with Gasteiger partial charge >= 0.3 is 0 Å². The number of aromatic nitrogens is 3. The minimum Gasteiger partial charge on any atom is -0.368 e. The summed E-state index contributed by atoms with van der Waals surface area (Å²) in [5.74, 6) is 3.43. The average Bonchev–Trinajstić information content (AvgIpc) is 3.12. The Morgan fingerprint density at radius 2 is 1.93 bits per heavy atom. The molecule has 0 amide bonds. The van der Waals surface area contributed by atoms with Gasteiger partial charge in [-0.2, -0.15) is 0 Å². The van der Waals surface area contributed by atoms with Crippen LogP contribution in [0, 0.1) is 18.7 Å². The second-order valence-corrected chi connectivity index (χ2v) is 7.82. The first kappa shape index (κ1) is 19.7. The predicted molar refractivity (Wildman–Crippen MR) is 113 cm³/mol. The molecule has 1 atom stereocenters. The molecule has 156 valence electrons. The molecule has 4 rings (SSSR count). The summed E-state index contributed by atoms with van der Waals surface area (Å²) < 4.78 is 15.4. The van der Waals surface area contributed by atoms with Gasteiger partial charge in [0.2, 0.25) is 0 Å². The van der Waals surface area contributed by atoms with Crippen molar-refractivity contribution >= 4 is 11.6 Å². The summed E-state index contributed by atoms with van der Waals surface area (Å²) in [7, 11) is 0. The topological polar surface area (TPSA) is 61.6 Å². The van der Waals surface area contributed by atoms with E-state index in [-0.39, 0.29) is 5.82 Å². The quantitative estimate of drug-likeness (QED) is 0.630. The number of rotatable bonds is 4. The molecule has 1 aromatic carbocycles. The Bertz CT molecular complexity index is 837. The second kappa shape index (κ2) is 8.80. The van der Waals surface area contributed by atoms with Crippen molar-refractivity contribution in [3.05, 3.63) is 41.7 Å². The van der Waals surface area contributed by atoms with E-state index in [0.717, 1.165) is 82.0 Å². The fourth-order valence-electron chi connectivity index (χ4n) is 4.15. The lowest BCUT2D eigenvalue weighted by Gasteiger charge is -2.38. The molecule has 29 heavy (non-hydrogen) atoms. The van der Waals surface area contributed by atoms with Crippen LogP contribution in [0.3, 0.4) is 0 Å². The van der Waals surface area contributed by atoms with Crippen molar-refractivity contribution in [3.63, 3.8) is 0 Å². The molecule has 1 unspecified atom stereocenters. The zero-order valence-electron chi connectivity index (χ0n) is 17.3. The first-order chi connectivity index (χ1) is 14.1. The van der Waals surface area contributed by atoms with E-state index in [0.29, 0.717) is 5.92 Å². The Morgan fingerprint density at radius 3 is 2.66 bits per heavy atom. The van der Waals surface area contributed by atoms with Crippen LogP contribution >= 0.6 is 0 Å². The van der Waals surface area contributed by atoms with Gasteiger partial charge in [-0.1, -0.05) is 0 Å². The minimum atomic E-state index is -0.189. The average molecular weight is 400 g/mol. The van der Waals surface area contributed by atoms with Gasteiger partial charge in [0.1, 0.15) is 17.5 Å². The van der Waals surface area contributed by atoms with Gasteiger partial charge in [-0.3, -0.25) is 4.99 Å². The predicted octanol–water partition coefficient (Wildman–Crippen LogP) is 2.08. The van der Waals surface area contributed by atoms with E-state index in [1.807, 2.05) is 19.1 Å². The van der Waals surface area contributed by atoms with Crippen molar-refractivity contribution in [2.75, 3.05) is 44.2 Å². The van der Waals surface area contributed by atoms with Crippen LogP contribution in [-0.2, 0) is 13.0 Å². The van der Waals surface area contributed by atoms with E-state index < -0.39 is 0 Å². The number of nitrogens with zero attached hydrogens (tertiary/aromatic N) is 6. The van der Waals surface area contributed by atoms with Gasteiger partial charge in [-0.05, 0) is 50.5 Å². The van der Waals surface area contributed by atoms with Gasteiger partial charge < -0.3 is 19.7 Å². The number of hydrogen-bond donors (Lipinski definition) is 1. The monoisotopic (exact) mass is 399 g/mol. The summed E-state index contributed by atoms with van der Waals surface area (Å²) >= 11 is 0. The first-order valence-electron chi connectivity index (χ1n) is 10.6. The Labute approximate surface area is 171 Å². The molecule has 0 saturated carbocycles. The molecule has 2 aliphatic rings. The smallest absolute Gasteiger partial charge is 0.194 e. The Hall–Kier alpha value is -2.64. The Kier molecular flexibility index (Phi) is 5.97. The third kappa shape index (κ3) is 4.52. The van der Waals surface area contributed by atoms with Gasteiger partial charge in [0.25, 0.3) is 0 Å². The first-order valence-corrected chi connectivity index (χ1v) is 10.6. The minimum absolute atomic E-state index is 0.189. The van der Waals surface area contributed by atoms with Crippen LogP contribution in [0.2, 0.25) is 0 Å². The van der Waals surface area contributed by atoms with Gasteiger partial charge in [-0.15, -0.1) is 10.2 Å². The molecule has 8 heteroatoms. The lowest BCUT2D eigenvalue weighted by Crippen LogP contribution is -2.52. The number of nitrogens with one attached hydrogen (secondary N) is 1. The Balaban J connectivity index is 1.35. The summed E-state index contributed by atoms with van der Waals surface area (Å²) in [5.41, 5.74) is 1.08. The third-order valence-corrected chi connectivity index (χ3v) is 5.83. The fraction of sp³-hybridized carbons (Fsp3) is 0.571. The maximum atomic E-state index is 13.2. The molecule has 0 aliphatic carbocycles. The molecule has 1 aromatic heterocycles. The number of anilines is 1. The molecule has 1 saturated heterocycles. The summed E-state index contributed by atoms with van der Waals surface area (Å²) in [6.07, 6.45) is 2.09. The summed E-state index contributed by atoms with van der Waals surface area (Å²) in [5, 5.41) is 11.9. The molecule has 7 nitrogen and oxygen atoms in total. The van der Waals surface area contributed by atoms with Gasteiger partial charge in [-0.25, -0.2) is 4.39 Å². The Morgan fingerprint density at radius 1 is 1.17 bits per heavy atom. The van der Waals surface area contributed by atoms with E-state index in [9.17, 15) is 4.39 Å². The third-order valence-electron chi connectivity index (χ3n) is 5.83. The number of aryl methyl sites for hydroxylation is 2. The van der Waals surface area contributed by atoms with E-state index in [2.05, 4.69) is 36.8 Å². The number of hydrogen-bond acceptors (Lipinski definition) is 4. The fourth-order valence-corrected chi connectivity index (χ4v) is 4.15. The molecule has 3 heterocycles. The van der Waals surface area contributed by atoms with Crippen LogP contribution in [-0.4, -0.2) is 64.9 Å². The summed E-state index contributed by atoms with van der Waals surface area (Å²) in [6, 6.07) is 6.77. The maximum absolute atomic E-state index is 13.2. The van der Waals surface area contributed by atoms with Crippen LogP contribution < -0.4 is 10.2 Å². The van der Waals surface area contributed by atoms with E-state index >= 15 is 0 Å². The molecular formula is C21H30FN7. The highest BCUT2D eigenvalue weighted by Gasteiger charge is 2.23. The zero-order valence-corrected chi connectivity index (χ0v) is 17.3. The van der Waals surface area contributed by atoms with E-state index in [1.165, 1.54) is 12.1 Å². The summed E-state index contributed by atoms with van der Waals surface area (Å²) in [4.78, 5) is 9.60. The molecule has 2 aromatic rings. The van der Waals surface area contributed by atoms with Crippen molar-refractivity contribution < 1.29 is 4.39 Å². The molecule has 0 radical (unpaired) electrons. The molecule has 2 aliphatic heterocycles. The van der Waals surface area contributed by atoms with Gasteiger partial charge in [0, 0.05) is 57.9 Å². The van der Waals surface area contributed by atoms with Crippen molar-refractivity contribution in [1.29, 1.82) is 0 Å². The largest absolute Gasteiger partial charge is 0.368 e. The molecule has 0 bridgehead atoms. The number of fused-ring (bicyclic) bond motifs is 1. The maximum Gasteiger partial charge on any atom is 0.194 e. The second-order valence-electron chi connectivity index (χ2n) is 7.82. The van der Waals surface area contributed by atoms with E-state index in [4.69, 9.17) is 4.99 Å². The van der Waals surface area contributed by atoms with Crippen molar-refractivity contribution in [2.24, 2.45) is 10.9 Å². The van der Waals surface area contributed by atoms with E-state index in [1.54, 1.807) is 0 Å². The highest BCUT2D eigenvalue weighted by Crippen LogP contribution is 2.21. The van der Waals surface area contributed by atoms with Crippen molar-refractivity contribution in [3.8, 4) is 0 Å². The molecule has 1 fully saturated rings. The van der Waals surface area contributed by atoms with Crippen LogP contribution in [0.4, 0.5) is 10.1 Å².